The van der Waals surface area contributed by atoms with Crippen LogP contribution in [0.25, 0.3) is 0 Å². The fraction of sp³-hybridized carbons (Fsp3) is 0.333. The van der Waals surface area contributed by atoms with Crippen molar-refractivity contribution in [2.45, 2.75) is 44.5 Å². The third kappa shape index (κ3) is 4.11. The normalized spacial score (nSPS) is 19.4. The molecule has 0 heterocycles. The molecule has 0 unspecified atom stereocenters. The molecule has 7 nitrogen and oxygen atoms in total. The topological polar surface area (TPSA) is 98.5 Å². The van der Waals surface area contributed by atoms with Crippen molar-refractivity contribution in [3.63, 3.8) is 0 Å². The highest BCUT2D eigenvalue weighted by Crippen LogP contribution is 2.42. The number of carbonyl (C=O) groups excluding carboxylic acids is 2. The summed E-state index contributed by atoms with van der Waals surface area (Å²) in [4.78, 5) is 35.9. The van der Waals surface area contributed by atoms with Crippen molar-refractivity contribution in [1.82, 2.24) is 5.32 Å². The van der Waals surface area contributed by atoms with Crippen LogP contribution in [0.1, 0.15) is 48.3 Å². The average molecular weight is 400 g/mol. The maximum absolute atomic E-state index is 16.2. The van der Waals surface area contributed by atoms with Gasteiger partial charge in [-0.05, 0) is 31.9 Å². The summed E-state index contributed by atoms with van der Waals surface area (Å²) in [6.07, 6.45) is -1.18. The van der Waals surface area contributed by atoms with Crippen LogP contribution in [0, 0.1) is 10.1 Å². The number of rotatable bonds is 4. The summed E-state index contributed by atoms with van der Waals surface area (Å²) in [5.74, 6) is -0.777. The number of ether oxygens (including phenoxy) is 1. The summed E-state index contributed by atoms with van der Waals surface area (Å²) in [6.45, 7) is 4.95. The Kier molecular flexibility index (Phi) is 5.13. The monoisotopic (exact) mass is 400 g/mol. The van der Waals surface area contributed by atoms with Gasteiger partial charge in [-0.15, -0.1) is 0 Å². The number of non-ortho nitro benzene ring substituents is 1. The Balaban J connectivity index is 2.04. The fourth-order valence-corrected chi connectivity index (χ4v) is 3.42. The molecule has 1 amide bonds. The number of benzene rings is 2. The van der Waals surface area contributed by atoms with Crippen molar-refractivity contribution in [1.29, 1.82) is 0 Å². The molecule has 0 fully saturated rings. The lowest BCUT2D eigenvalue weighted by Gasteiger charge is -2.31. The zero-order chi connectivity index (χ0) is 21.4. The number of nitrogens with zero attached hydrogens (tertiary/aromatic N) is 1. The Hall–Kier alpha value is -3.29. The van der Waals surface area contributed by atoms with Crippen LogP contribution in [-0.4, -0.2) is 28.1 Å². The number of hydrogen-bond acceptors (Lipinski definition) is 5. The number of Topliss-reactive ketones (excluding diaryl/α,β-unsaturated/α-hetero) is 1. The van der Waals surface area contributed by atoms with Gasteiger partial charge in [0.1, 0.15) is 5.60 Å². The van der Waals surface area contributed by atoms with E-state index in [1.807, 2.05) is 0 Å². The van der Waals surface area contributed by atoms with E-state index >= 15 is 4.39 Å². The lowest BCUT2D eigenvalue weighted by molar-refractivity contribution is -0.384. The standard InChI is InChI=1S/C21H21FN2O5/c1-20(2,3)29-19(26)23-17(13-8-6-9-15(11-13)24(27)28)21(22)12-14-7-4-5-10-16(14)18(21)25/h4-11,17H,12H2,1-3H3,(H,23,26)/t17-,21-/m0/s1. The van der Waals surface area contributed by atoms with Gasteiger partial charge >= 0.3 is 6.09 Å². The molecular weight excluding hydrogens is 379 g/mol. The van der Waals surface area contributed by atoms with Crippen LogP contribution in [0.2, 0.25) is 0 Å². The molecule has 2 atom stereocenters. The molecule has 3 rings (SSSR count). The molecule has 0 aliphatic heterocycles. The van der Waals surface area contributed by atoms with Crippen LogP contribution < -0.4 is 5.32 Å². The third-order valence-corrected chi connectivity index (χ3v) is 4.62. The fourth-order valence-electron chi connectivity index (χ4n) is 3.42. The number of fused-ring (bicyclic) bond motifs is 1. The summed E-state index contributed by atoms with van der Waals surface area (Å²) in [7, 11) is 0. The van der Waals surface area contributed by atoms with Gasteiger partial charge < -0.3 is 10.1 Å². The minimum Gasteiger partial charge on any atom is -0.444 e. The van der Waals surface area contributed by atoms with Gasteiger partial charge in [0.15, 0.2) is 0 Å². The van der Waals surface area contributed by atoms with Gasteiger partial charge in [-0.1, -0.05) is 36.4 Å². The molecule has 29 heavy (non-hydrogen) atoms. The quantitative estimate of drug-likeness (QED) is 0.609. The molecule has 0 aromatic heterocycles. The summed E-state index contributed by atoms with van der Waals surface area (Å²) in [6, 6.07) is 10.3. The molecule has 1 N–H and O–H groups in total. The molecule has 1 aliphatic rings. The average Bonchev–Trinajstić information content (AvgIpc) is 2.90. The number of alkyl carbamates (subject to hydrolysis) is 1. The largest absolute Gasteiger partial charge is 0.444 e. The lowest BCUT2D eigenvalue weighted by atomic mass is 9.86. The van der Waals surface area contributed by atoms with E-state index in [2.05, 4.69) is 5.32 Å². The van der Waals surface area contributed by atoms with Crippen molar-refractivity contribution in [3.05, 3.63) is 75.3 Å². The molecule has 0 saturated heterocycles. The Morgan fingerprint density at radius 1 is 1.24 bits per heavy atom. The predicted octanol–water partition coefficient (Wildman–Crippen LogP) is 4.31. The Morgan fingerprint density at radius 2 is 1.93 bits per heavy atom. The number of carbonyl (C=O) groups is 2. The molecule has 0 radical (unpaired) electrons. The summed E-state index contributed by atoms with van der Waals surface area (Å²) < 4.78 is 21.4. The second-order valence-corrected chi connectivity index (χ2v) is 7.96. The van der Waals surface area contributed by atoms with Gasteiger partial charge in [-0.2, -0.15) is 0 Å². The first kappa shape index (κ1) is 20.4. The Morgan fingerprint density at radius 3 is 2.55 bits per heavy atom. The minimum absolute atomic E-state index is 0.105. The van der Waals surface area contributed by atoms with E-state index in [9.17, 15) is 19.7 Å². The number of amides is 1. The summed E-state index contributed by atoms with van der Waals surface area (Å²) in [5.41, 5.74) is -2.77. The first-order chi connectivity index (χ1) is 13.5. The minimum atomic E-state index is -2.50. The van der Waals surface area contributed by atoms with Crippen LogP contribution in [-0.2, 0) is 11.2 Å². The van der Waals surface area contributed by atoms with Crippen LogP contribution in [0.5, 0.6) is 0 Å². The van der Waals surface area contributed by atoms with E-state index in [0.717, 1.165) is 6.07 Å². The number of nitro groups is 1. The van der Waals surface area contributed by atoms with Crippen molar-refractivity contribution >= 4 is 17.6 Å². The lowest BCUT2D eigenvalue weighted by Crippen LogP contribution is -2.48. The maximum Gasteiger partial charge on any atom is 0.408 e. The highest BCUT2D eigenvalue weighted by molar-refractivity contribution is 6.07. The highest BCUT2D eigenvalue weighted by Gasteiger charge is 2.53. The number of hydrogen-bond donors (Lipinski definition) is 1. The summed E-state index contributed by atoms with van der Waals surface area (Å²) >= 11 is 0. The molecule has 0 spiro atoms. The van der Waals surface area contributed by atoms with Gasteiger partial charge in [0, 0.05) is 24.1 Å². The van der Waals surface area contributed by atoms with E-state index in [1.165, 1.54) is 24.3 Å². The van der Waals surface area contributed by atoms with Crippen LogP contribution in [0.15, 0.2) is 48.5 Å². The van der Waals surface area contributed by atoms with Crippen molar-refractivity contribution < 1.29 is 23.6 Å². The molecule has 8 heteroatoms. The van der Waals surface area contributed by atoms with Gasteiger partial charge in [0.2, 0.25) is 11.5 Å². The summed E-state index contributed by atoms with van der Waals surface area (Å²) in [5, 5.41) is 13.6. The SMILES string of the molecule is CC(C)(C)OC(=O)N[C@@H](c1cccc([N+](=O)[O-])c1)[C@@]1(F)Cc2ccccc2C1=O. The van der Waals surface area contributed by atoms with Gasteiger partial charge in [0.25, 0.3) is 5.69 Å². The zero-order valence-corrected chi connectivity index (χ0v) is 16.3. The highest BCUT2D eigenvalue weighted by atomic mass is 19.1. The molecule has 0 saturated carbocycles. The molecule has 2 aromatic rings. The number of nitro benzene ring substituents is 1. The second kappa shape index (κ2) is 7.27. The molecule has 0 bridgehead atoms. The predicted molar refractivity (Wildman–Crippen MR) is 104 cm³/mol. The number of ketones is 1. The smallest absolute Gasteiger partial charge is 0.408 e. The Bertz CT molecular complexity index is 985. The van der Waals surface area contributed by atoms with E-state index < -0.39 is 34.1 Å². The number of alkyl halides is 1. The molecule has 1 aliphatic carbocycles. The van der Waals surface area contributed by atoms with Crippen molar-refractivity contribution in [2.24, 2.45) is 0 Å². The zero-order valence-electron chi connectivity index (χ0n) is 16.3. The number of nitrogens with one attached hydrogen (secondary N) is 1. The first-order valence-electron chi connectivity index (χ1n) is 9.07. The number of halogens is 1. The third-order valence-electron chi connectivity index (χ3n) is 4.62. The van der Waals surface area contributed by atoms with Gasteiger partial charge in [-0.3, -0.25) is 14.9 Å². The van der Waals surface area contributed by atoms with Crippen LogP contribution in [0.4, 0.5) is 14.9 Å². The van der Waals surface area contributed by atoms with E-state index in [1.54, 1.807) is 39.0 Å². The second-order valence-electron chi connectivity index (χ2n) is 7.96. The molecule has 2 aromatic carbocycles. The van der Waals surface area contributed by atoms with Crippen LogP contribution >= 0.6 is 0 Å². The Labute approximate surface area is 167 Å². The van der Waals surface area contributed by atoms with Crippen molar-refractivity contribution in [2.75, 3.05) is 0 Å². The first-order valence-corrected chi connectivity index (χ1v) is 9.07. The molecular formula is C21H21FN2O5. The molecule has 152 valence electrons. The van der Waals surface area contributed by atoms with Crippen molar-refractivity contribution in [3.8, 4) is 0 Å². The van der Waals surface area contributed by atoms with E-state index in [0.29, 0.717) is 5.56 Å². The van der Waals surface area contributed by atoms with Gasteiger partial charge in [0.05, 0.1) is 11.0 Å². The van der Waals surface area contributed by atoms with Gasteiger partial charge in [-0.25, -0.2) is 9.18 Å². The van der Waals surface area contributed by atoms with E-state index in [4.69, 9.17) is 4.74 Å². The van der Waals surface area contributed by atoms with Crippen LogP contribution in [0.3, 0.4) is 0 Å². The van der Waals surface area contributed by atoms with E-state index in [-0.39, 0.29) is 23.2 Å². The maximum atomic E-state index is 16.2.